The number of hydrogen-bond acceptors (Lipinski definition) is 5. The summed E-state index contributed by atoms with van der Waals surface area (Å²) in [6.45, 7) is 2.17. The van der Waals surface area contributed by atoms with E-state index in [0.717, 1.165) is 12.0 Å². The number of ketones is 1. The van der Waals surface area contributed by atoms with Crippen LogP contribution in [-0.2, 0) is 12.8 Å². The first-order valence-electron chi connectivity index (χ1n) is 7.55. The molecule has 3 rings (SSSR count). The Balaban J connectivity index is 1.84. The molecule has 0 fully saturated rings. The maximum Gasteiger partial charge on any atom is 0.231 e. The third-order valence-corrected chi connectivity index (χ3v) is 3.82. The first-order valence-corrected chi connectivity index (χ1v) is 7.55. The second-order valence-electron chi connectivity index (χ2n) is 5.54. The van der Waals surface area contributed by atoms with Crippen molar-refractivity contribution in [2.75, 3.05) is 6.79 Å². The van der Waals surface area contributed by atoms with Crippen LogP contribution in [0.3, 0.4) is 0 Å². The quantitative estimate of drug-likeness (QED) is 0.829. The van der Waals surface area contributed by atoms with Gasteiger partial charge in [-0.3, -0.25) is 4.79 Å². The van der Waals surface area contributed by atoms with E-state index in [-0.39, 0.29) is 36.1 Å². The first kappa shape index (κ1) is 15.2. The molecule has 0 spiro atoms. The third kappa shape index (κ3) is 3.08. The van der Waals surface area contributed by atoms with Gasteiger partial charge in [0, 0.05) is 12.5 Å². The van der Waals surface area contributed by atoms with E-state index in [1.165, 1.54) is 6.07 Å². The van der Waals surface area contributed by atoms with E-state index in [1.807, 2.05) is 6.92 Å². The lowest BCUT2D eigenvalue weighted by Gasteiger charge is -2.09. The van der Waals surface area contributed by atoms with Crippen LogP contribution in [0.15, 0.2) is 30.3 Å². The average Bonchev–Trinajstić information content (AvgIpc) is 2.97. The summed E-state index contributed by atoms with van der Waals surface area (Å²) < 4.78 is 10.5. The number of benzene rings is 2. The smallest absolute Gasteiger partial charge is 0.231 e. The number of carbonyl (C=O) groups is 1. The number of phenolic OH excluding ortho intramolecular Hbond substituents is 2. The molecule has 120 valence electrons. The Morgan fingerprint density at radius 1 is 1.09 bits per heavy atom. The minimum Gasteiger partial charge on any atom is -0.508 e. The summed E-state index contributed by atoms with van der Waals surface area (Å²) in [6.07, 6.45) is 1.63. The van der Waals surface area contributed by atoms with Crippen molar-refractivity contribution in [3.8, 4) is 23.0 Å². The van der Waals surface area contributed by atoms with Gasteiger partial charge < -0.3 is 19.7 Å². The highest BCUT2D eigenvalue weighted by molar-refractivity contribution is 6.00. The van der Waals surface area contributed by atoms with E-state index in [2.05, 4.69) is 0 Å². The van der Waals surface area contributed by atoms with E-state index in [4.69, 9.17) is 9.47 Å². The molecule has 0 unspecified atom stereocenters. The lowest BCUT2D eigenvalue weighted by molar-refractivity contribution is 0.0990. The van der Waals surface area contributed by atoms with E-state index in [9.17, 15) is 15.0 Å². The summed E-state index contributed by atoms with van der Waals surface area (Å²) in [5.74, 6) is 0.895. The molecule has 0 aliphatic carbocycles. The van der Waals surface area contributed by atoms with Crippen molar-refractivity contribution in [3.63, 3.8) is 0 Å². The number of fused-ring (bicyclic) bond motifs is 1. The second-order valence-corrected chi connectivity index (χ2v) is 5.54. The largest absolute Gasteiger partial charge is 0.508 e. The molecule has 0 saturated carbocycles. The predicted molar refractivity (Wildman–Crippen MR) is 84.4 cm³/mol. The Labute approximate surface area is 134 Å². The molecule has 5 heteroatoms. The fourth-order valence-corrected chi connectivity index (χ4v) is 2.65. The number of hydrogen-bond donors (Lipinski definition) is 2. The minimum absolute atomic E-state index is 0.0176. The zero-order chi connectivity index (χ0) is 16.4. The Kier molecular flexibility index (Phi) is 4.10. The molecule has 2 aromatic rings. The molecular weight excluding hydrogens is 296 g/mol. The van der Waals surface area contributed by atoms with Gasteiger partial charge in [0.05, 0.1) is 5.56 Å². The molecule has 1 aliphatic rings. The van der Waals surface area contributed by atoms with Gasteiger partial charge in [0.25, 0.3) is 0 Å². The molecule has 23 heavy (non-hydrogen) atoms. The summed E-state index contributed by atoms with van der Waals surface area (Å²) in [6, 6.07) is 8.14. The van der Waals surface area contributed by atoms with Crippen LogP contribution in [0.1, 0.15) is 34.8 Å². The molecule has 5 nitrogen and oxygen atoms in total. The summed E-state index contributed by atoms with van der Waals surface area (Å²) in [5, 5.41) is 19.8. The van der Waals surface area contributed by atoms with Gasteiger partial charge in [0.15, 0.2) is 17.3 Å². The average molecular weight is 314 g/mol. The van der Waals surface area contributed by atoms with Crippen molar-refractivity contribution >= 4 is 5.78 Å². The maximum atomic E-state index is 12.5. The SMILES string of the molecule is CCCc1cc(C(=O)Cc2ccc3c(c2)OCO3)c(O)cc1O. The molecule has 0 radical (unpaired) electrons. The molecular formula is C18H18O5. The van der Waals surface area contributed by atoms with Crippen LogP contribution in [0.5, 0.6) is 23.0 Å². The van der Waals surface area contributed by atoms with Crippen LogP contribution in [0, 0.1) is 0 Å². The number of ether oxygens (including phenoxy) is 2. The Hall–Kier alpha value is -2.69. The number of carbonyl (C=O) groups excluding carboxylic acids is 1. The zero-order valence-electron chi connectivity index (χ0n) is 12.8. The van der Waals surface area contributed by atoms with Crippen LogP contribution in [-0.4, -0.2) is 22.8 Å². The molecule has 0 bridgehead atoms. The maximum absolute atomic E-state index is 12.5. The van der Waals surface area contributed by atoms with Gasteiger partial charge >= 0.3 is 0 Å². The number of rotatable bonds is 5. The summed E-state index contributed by atoms with van der Waals surface area (Å²) in [7, 11) is 0. The van der Waals surface area contributed by atoms with Crippen molar-refractivity contribution in [2.45, 2.75) is 26.2 Å². The second kappa shape index (κ2) is 6.20. The summed E-state index contributed by atoms with van der Waals surface area (Å²) in [4.78, 5) is 12.5. The number of Topliss-reactive ketones (excluding diaryl/α,β-unsaturated/α-hetero) is 1. The summed E-state index contributed by atoms with van der Waals surface area (Å²) in [5.41, 5.74) is 1.67. The molecule has 2 N–H and O–H groups in total. The normalized spacial score (nSPS) is 12.4. The standard InChI is InChI=1S/C18H18O5/c1-2-3-12-8-13(16(21)9-14(12)19)15(20)6-11-4-5-17-18(7-11)23-10-22-17/h4-5,7-9,19,21H,2-3,6,10H2,1H3. The van der Waals surface area contributed by atoms with Crippen molar-refractivity contribution in [1.29, 1.82) is 0 Å². The van der Waals surface area contributed by atoms with Gasteiger partial charge in [-0.1, -0.05) is 19.4 Å². The summed E-state index contributed by atoms with van der Waals surface area (Å²) >= 11 is 0. The molecule has 0 amide bonds. The number of phenols is 2. The van der Waals surface area contributed by atoms with Gasteiger partial charge in [-0.25, -0.2) is 0 Å². The lowest BCUT2D eigenvalue weighted by Crippen LogP contribution is -2.05. The minimum atomic E-state index is -0.210. The van der Waals surface area contributed by atoms with E-state index >= 15 is 0 Å². The lowest BCUT2D eigenvalue weighted by atomic mass is 9.98. The molecule has 0 saturated heterocycles. The van der Waals surface area contributed by atoms with E-state index in [1.54, 1.807) is 24.3 Å². The van der Waals surface area contributed by atoms with Gasteiger partial charge in [0.2, 0.25) is 6.79 Å². The molecule has 0 aromatic heterocycles. The number of aromatic hydroxyl groups is 2. The fourth-order valence-electron chi connectivity index (χ4n) is 2.65. The third-order valence-electron chi connectivity index (χ3n) is 3.82. The monoisotopic (exact) mass is 314 g/mol. The predicted octanol–water partition coefficient (Wildman–Crippen LogP) is 3.20. The van der Waals surface area contributed by atoms with Gasteiger partial charge in [-0.2, -0.15) is 0 Å². The van der Waals surface area contributed by atoms with Crippen molar-refractivity contribution in [3.05, 3.63) is 47.0 Å². The van der Waals surface area contributed by atoms with Crippen LogP contribution in [0.2, 0.25) is 0 Å². The highest BCUT2D eigenvalue weighted by atomic mass is 16.7. The Morgan fingerprint density at radius 2 is 1.87 bits per heavy atom. The molecule has 1 aliphatic heterocycles. The van der Waals surface area contributed by atoms with Crippen molar-refractivity contribution < 1.29 is 24.5 Å². The van der Waals surface area contributed by atoms with Crippen molar-refractivity contribution in [1.82, 2.24) is 0 Å². The highest BCUT2D eigenvalue weighted by Crippen LogP contribution is 2.33. The van der Waals surface area contributed by atoms with Crippen LogP contribution < -0.4 is 9.47 Å². The van der Waals surface area contributed by atoms with E-state index in [0.29, 0.717) is 23.5 Å². The molecule has 0 atom stereocenters. The van der Waals surface area contributed by atoms with Crippen LogP contribution in [0.4, 0.5) is 0 Å². The Bertz CT molecular complexity index is 751. The Morgan fingerprint density at radius 3 is 2.65 bits per heavy atom. The topological polar surface area (TPSA) is 76.0 Å². The van der Waals surface area contributed by atoms with Gasteiger partial charge in [0.1, 0.15) is 11.5 Å². The van der Waals surface area contributed by atoms with Crippen molar-refractivity contribution in [2.24, 2.45) is 0 Å². The first-order chi connectivity index (χ1) is 11.1. The fraction of sp³-hybridized carbons (Fsp3) is 0.278. The molecule has 2 aromatic carbocycles. The van der Waals surface area contributed by atoms with E-state index < -0.39 is 0 Å². The van der Waals surface area contributed by atoms with Gasteiger partial charge in [-0.15, -0.1) is 0 Å². The van der Waals surface area contributed by atoms with Crippen LogP contribution in [0.25, 0.3) is 0 Å². The highest BCUT2D eigenvalue weighted by Gasteiger charge is 2.18. The van der Waals surface area contributed by atoms with Crippen LogP contribution >= 0.6 is 0 Å². The van der Waals surface area contributed by atoms with Gasteiger partial charge in [-0.05, 0) is 35.7 Å². The number of aryl methyl sites for hydroxylation is 1. The molecule has 1 heterocycles. The zero-order valence-corrected chi connectivity index (χ0v) is 12.8.